The summed E-state index contributed by atoms with van der Waals surface area (Å²) in [5.74, 6) is 0.796. The van der Waals surface area contributed by atoms with E-state index in [0.29, 0.717) is 11.8 Å². The van der Waals surface area contributed by atoms with E-state index in [2.05, 4.69) is 68.4 Å². The van der Waals surface area contributed by atoms with Crippen LogP contribution in [0.4, 0.5) is 0 Å². The number of halogens is 2. The quantitative estimate of drug-likeness (QED) is 0.355. The molecule has 0 aliphatic heterocycles. The fraction of sp³-hybridized carbons (Fsp3) is 0.889. The molecule has 0 radical (unpaired) electrons. The van der Waals surface area contributed by atoms with Crippen molar-refractivity contribution in [3.8, 4) is 0 Å². The lowest BCUT2D eigenvalue weighted by Crippen LogP contribution is -2.30. The van der Waals surface area contributed by atoms with Gasteiger partial charge in [-0.05, 0) is 22.2 Å². The van der Waals surface area contributed by atoms with Gasteiger partial charge in [0.1, 0.15) is 4.33 Å². The molecule has 0 amide bonds. The Morgan fingerprint density at radius 3 is 1.65 bits per heavy atom. The van der Waals surface area contributed by atoms with Gasteiger partial charge in [0, 0.05) is 11.3 Å². The van der Waals surface area contributed by atoms with Gasteiger partial charge in [0.2, 0.25) is 0 Å². The van der Waals surface area contributed by atoms with Gasteiger partial charge in [0.15, 0.2) is 0 Å². The van der Waals surface area contributed by atoms with Gasteiger partial charge < -0.3 is 0 Å². The molecule has 0 aromatic rings. The highest BCUT2D eigenvalue weighted by Gasteiger charge is 2.84. The molecule has 0 N–H and O–H groups in total. The minimum atomic E-state index is -0.613. The molecule has 1 saturated carbocycles. The van der Waals surface area contributed by atoms with Gasteiger partial charge in [-0.15, -0.1) is 23.2 Å². The molecule has 0 aromatic carbocycles. The maximum atomic E-state index is 6.79. The van der Waals surface area contributed by atoms with E-state index in [0.717, 1.165) is 0 Å². The molecule has 3 atom stereocenters. The Labute approximate surface area is 135 Å². The highest BCUT2D eigenvalue weighted by atomic mass is 35.5. The van der Waals surface area contributed by atoms with Crippen LogP contribution in [0.5, 0.6) is 0 Å². The van der Waals surface area contributed by atoms with Gasteiger partial charge in [-0.3, -0.25) is 0 Å². The lowest BCUT2D eigenvalue weighted by Gasteiger charge is -2.38. The van der Waals surface area contributed by atoms with Crippen molar-refractivity contribution in [3.05, 3.63) is 11.6 Å². The van der Waals surface area contributed by atoms with Crippen LogP contribution in [0.25, 0.3) is 0 Å². The molecule has 0 spiro atoms. The van der Waals surface area contributed by atoms with Gasteiger partial charge in [-0.1, -0.05) is 74.0 Å². The molecule has 0 bridgehead atoms. The zero-order chi connectivity index (χ0) is 15.9. The standard InChI is InChI=1S/C18H30Cl2/c1-14(2,3)11-10-17(16(7,8)9)13(18(17,19)20)12(11)15(4,5)6/h10,12-13H,1-9H3/t12-,13+,17-/m1/s1. The summed E-state index contributed by atoms with van der Waals surface area (Å²) in [6.07, 6.45) is 2.45. The van der Waals surface area contributed by atoms with Crippen molar-refractivity contribution in [2.45, 2.75) is 66.6 Å². The molecule has 0 aromatic heterocycles. The lowest BCUT2D eigenvalue weighted by molar-refractivity contribution is 0.188. The predicted octanol–water partition coefficient (Wildman–Crippen LogP) is 6.47. The first-order valence-electron chi connectivity index (χ1n) is 7.69. The van der Waals surface area contributed by atoms with Crippen LogP contribution < -0.4 is 0 Å². The summed E-state index contributed by atoms with van der Waals surface area (Å²) in [6, 6.07) is 0. The second kappa shape index (κ2) is 3.99. The van der Waals surface area contributed by atoms with Crippen LogP contribution >= 0.6 is 23.2 Å². The van der Waals surface area contributed by atoms with E-state index in [1.807, 2.05) is 0 Å². The summed E-state index contributed by atoms with van der Waals surface area (Å²) in [6.45, 7) is 20.7. The van der Waals surface area contributed by atoms with Gasteiger partial charge in [-0.2, -0.15) is 0 Å². The van der Waals surface area contributed by atoms with E-state index < -0.39 is 4.33 Å². The van der Waals surface area contributed by atoms with Crippen molar-refractivity contribution in [2.24, 2.45) is 33.5 Å². The molecule has 2 rings (SSSR count). The molecule has 2 aliphatic rings. The first kappa shape index (κ1) is 16.7. The smallest absolute Gasteiger partial charge is 0.100 e. The van der Waals surface area contributed by atoms with E-state index in [1.54, 1.807) is 5.57 Å². The third-order valence-corrected chi connectivity index (χ3v) is 6.54. The Bertz CT molecular complexity index is 451. The highest BCUT2D eigenvalue weighted by molar-refractivity contribution is 6.52. The van der Waals surface area contributed by atoms with Crippen molar-refractivity contribution in [1.82, 2.24) is 0 Å². The molecule has 0 heterocycles. The summed E-state index contributed by atoms with van der Waals surface area (Å²) in [7, 11) is 0. The number of fused-ring (bicyclic) bond motifs is 1. The van der Waals surface area contributed by atoms with Crippen LogP contribution in [0.1, 0.15) is 62.3 Å². The van der Waals surface area contributed by atoms with Gasteiger partial charge in [0.25, 0.3) is 0 Å². The number of allylic oxidation sites excluding steroid dienone is 2. The third kappa shape index (κ3) is 1.93. The number of alkyl halides is 2. The molecule has 2 heteroatoms. The Morgan fingerprint density at radius 2 is 1.35 bits per heavy atom. The van der Waals surface area contributed by atoms with Crippen LogP contribution in [0.2, 0.25) is 0 Å². The fourth-order valence-electron chi connectivity index (χ4n) is 4.46. The molecule has 0 unspecified atom stereocenters. The maximum absolute atomic E-state index is 6.79. The summed E-state index contributed by atoms with van der Waals surface area (Å²) >= 11 is 13.6. The average Bonchev–Trinajstić information content (AvgIpc) is 2.53. The largest absolute Gasteiger partial charge is 0.132 e. The van der Waals surface area contributed by atoms with Crippen LogP contribution in [-0.4, -0.2) is 4.33 Å². The minimum Gasteiger partial charge on any atom is -0.100 e. The molecular formula is C18H30Cl2. The van der Waals surface area contributed by atoms with Crippen LogP contribution in [0.3, 0.4) is 0 Å². The Balaban J connectivity index is 2.62. The summed E-state index contributed by atoms with van der Waals surface area (Å²) in [5, 5.41) is 0. The summed E-state index contributed by atoms with van der Waals surface area (Å²) in [5.41, 5.74) is 1.90. The zero-order valence-corrected chi connectivity index (χ0v) is 16.0. The fourth-order valence-corrected chi connectivity index (χ4v) is 5.85. The van der Waals surface area contributed by atoms with Crippen molar-refractivity contribution in [3.63, 3.8) is 0 Å². The highest BCUT2D eigenvalue weighted by Crippen LogP contribution is 2.84. The van der Waals surface area contributed by atoms with Crippen LogP contribution in [-0.2, 0) is 0 Å². The van der Waals surface area contributed by atoms with E-state index in [9.17, 15) is 0 Å². The predicted molar refractivity (Wildman–Crippen MR) is 90.3 cm³/mol. The van der Waals surface area contributed by atoms with E-state index >= 15 is 0 Å². The number of hydrogen-bond donors (Lipinski definition) is 0. The normalized spacial score (nSPS) is 36.6. The van der Waals surface area contributed by atoms with E-state index in [-0.39, 0.29) is 21.7 Å². The van der Waals surface area contributed by atoms with Crippen LogP contribution in [0.15, 0.2) is 11.6 Å². The molecule has 1 fully saturated rings. The monoisotopic (exact) mass is 316 g/mol. The Hall–Kier alpha value is 0.320. The molecule has 20 heavy (non-hydrogen) atoms. The molecule has 0 saturated heterocycles. The van der Waals surface area contributed by atoms with E-state index in [1.165, 1.54) is 0 Å². The first-order valence-corrected chi connectivity index (χ1v) is 8.45. The van der Waals surface area contributed by atoms with Gasteiger partial charge in [-0.25, -0.2) is 0 Å². The van der Waals surface area contributed by atoms with Gasteiger partial charge in [0.05, 0.1) is 0 Å². The van der Waals surface area contributed by atoms with Crippen molar-refractivity contribution >= 4 is 23.2 Å². The lowest BCUT2D eigenvalue weighted by atomic mass is 9.68. The second-order valence-corrected chi connectivity index (χ2v) is 11.3. The number of rotatable bonds is 0. The SMILES string of the molecule is CC(C)(C)C1=C[C@]2(C(C)(C)C)[C@H]([C@@H]1C(C)(C)C)C2(Cl)Cl. The molecule has 116 valence electrons. The second-order valence-electron chi connectivity index (χ2n) is 9.91. The van der Waals surface area contributed by atoms with E-state index in [4.69, 9.17) is 23.2 Å². The summed E-state index contributed by atoms with van der Waals surface area (Å²) < 4.78 is -0.613. The van der Waals surface area contributed by atoms with Crippen molar-refractivity contribution < 1.29 is 0 Å². The number of hydrogen-bond acceptors (Lipinski definition) is 0. The molecular weight excluding hydrogens is 287 g/mol. The van der Waals surface area contributed by atoms with Gasteiger partial charge >= 0.3 is 0 Å². The van der Waals surface area contributed by atoms with Crippen molar-refractivity contribution in [1.29, 1.82) is 0 Å². The molecule has 2 aliphatic carbocycles. The first-order chi connectivity index (χ1) is 8.58. The minimum absolute atomic E-state index is 0.0797. The maximum Gasteiger partial charge on any atom is 0.132 e. The van der Waals surface area contributed by atoms with Crippen molar-refractivity contribution in [2.75, 3.05) is 0 Å². The topological polar surface area (TPSA) is 0 Å². The third-order valence-electron chi connectivity index (χ3n) is 5.44. The zero-order valence-electron chi connectivity index (χ0n) is 14.5. The summed E-state index contributed by atoms with van der Waals surface area (Å²) in [4.78, 5) is 0. The molecule has 0 nitrogen and oxygen atoms in total. The Morgan fingerprint density at radius 1 is 0.900 bits per heavy atom. The average molecular weight is 317 g/mol. The Kier molecular flexibility index (Phi) is 3.33. The van der Waals surface area contributed by atoms with Crippen LogP contribution in [0, 0.1) is 33.5 Å².